The molecule has 1 aliphatic carbocycles. The van der Waals surface area contributed by atoms with Crippen LogP contribution in [0.3, 0.4) is 0 Å². The van der Waals surface area contributed by atoms with Crippen LogP contribution >= 0.6 is 0 Å². The Bertz CT molecular complexity index is 397. The summed E-state index contributed by atoms with van der Waals surface area (Å²) in [6.45, 7) is 2.81. The van der Waals surface area contributed by atoms with Crippen LogP contribution in [0.1, 0.15) is 28.8 Å². The van der Waals surface area contributed by atoms with Crippen molar-refractivity contribution in [2.75, 3.05) is 18.9 Å². The number of aryl methyl sites for hydroxylation is 1. The first-order chi connectivity index (χ1) is 7.70. The molecule has 3 nitrogen and oxygen atoms in total. The lowest BCUT2D eigenvalue weighted by Gasteiger charge is -2.10. The molecular formula is C13H18N2O. The van der Waals surface area contributed by atoms with Crippen LogP contribution in [0, 0.1) is 12.8 Å². The van der Waals surface area contributed by atoms with Gasteiger partial charge in [-0.2, -0.15) is 0 Å². The molecule has 16 heavy (non-hydrogen) atoms. The summed E-state index contributed by atoms with van der Waals surface area (Å²) >= 11 is 0. The molecule has 0 spiro atoms. The van der Waals surface area contributed by atoms with Gasteiger partial charge in [0.05, 0.1) is 5.56 Å². The van der Waals surface area contributed by atoms with Crippen LogP contribution in [-0.2, 0) is 0 Å². The summed E-state index contributed by atoms with van der Waals surface area (Å²) in [4.78, 5) is 12.0. The molecule has 2 rings (SSSR count). The van der Waals surface area contributed by atoms with Crippen molar-refractivity contribution in [3.63, 3.8) is 0 Å². The predicted octanol–water partition coefficient (Wildman–Crippen LogP) is 2.18. The second-order valence-corrected chi connectivity index (χ2v) is 4.45. The highest BCUT2D eigenvalue weighted by Crippen LogP contribution is 2.27. The molecule has 2 N–H and O–H groups in total. The molecule has 86 valence electrons. The van der Waals surface area contributed by atoms with Gasteiger partial charge in [-0.25, -0.2) is 0 Å². The van der Waals surface area contributed by atoms with Crippen molar-refractivity contribution < 1.29 is 4.79 Å². The zero-order valence-corrected chi connectivity index (χ0v) is 9.84. The van der Waals surface area contributed by atoms with E-state index < -0.39 is 0 Å². The van der Waals surface area contributed by atoms with Gasteiger partial charge >= 0.3 is 0 Å². The molecule has 0 aromatic heterocycles. The van der Waals surface area contributed by atoms with Crippen molar-refractivity contribution in [3.05, 3.63) is 29.3 Å². The van der Waals surface area contributed by atoms with Gasteiger partial charge in [-0.15, -0.1) is 0 Å². The maximum absolute atomic E-state index is 12.0. The Balaban J connectivity index is 2.09. The SMILES string of the molecule is CNc1ccc(C)cc1C(=O)NCC1CC1. The first-order valence-electron chi connectivity index (χ1n) is 5.77. The van der Waals surface area contributed by atoms with Crippen molar-refractivity contribution in [2.24, 2.45) is 5.92 Å². The fraction of sp³-hybridized carbons (Fsp3) is 0.462. The molecule has 1 aliphatic rings. The zero-order valence-electron chi connectivity index (χ0n) is 9.84. The average molecular weight is 218 g/mol. The van der Waals surface area contributed by atoms with Crippen molar-refractivity contribution in [3.8, 4) is 0 Å². The Kier molecular flexibility index (Phi) is 3.13. The summed E-state index contributed by atoms with van der Waals surface area (Å²) in [5, 5.41) is 6.03. The number of rotatable bonds is 4. The summed E-state index contributed by atoms with van der Waals surface area (Å²) in [6, 6.07) is 5.87. The Morgan fingerprint density at radius 3 is 2.81 bits per heavy atom. The monoisotopic (exact) mass is 218 g/mol. The first-order valence-corrected chi connectivity index (χ1v) is 5.77. The summed E-state index contributed by atoms with van der Waals surface area (Å²) in [6.07, 6.45) is 2.51. The van der Waals surface area contributed by atoms with Crippen molar-refractivity contribution in [2.45, 2.75) is 19.8 Å². The highest BCUT2D eigenvalue weighted by Gasteiger charge is 2.22. The third-order valence-corrected chi connectivity index (χ3v) is 2.94. The highest BCUT2D eigenvalue weighted by atomic mass is 16.1. The van der Waals surface area contributed by atoms with Crippen molar-refractivity contribution in [1.29, 1.82) is 0 Å². The van der Waals surface area contributed by atoms with Gasteiger partial charge in [0.15, 0.2) is 0 Å². The van der Waals surface area contributed by atoms with E-state index in [2.05, 4.69) is 10.6 Å². The molecule has 1 aromatic carbocycles. The van der Waals surface area contributed by atoms with Crippen LogP contribution in [0.2, 0.25) is 0 Å². The minimum Gasteiger partial charge on any atom is -0.387 e. The predicted molar refractivity (Wildman–Crippen MR) is 65.8 cm³/mol. The summed E-state index contributed by atoms with van der Waals surface area (Å²) in [7, 11) is 1.84. The molecule has 0 aliphatic heterocycles. The Hall–Kier alpha value is -1.51. The molecule has 0 heterocycles. The zero-order chi connectivity index (χ0) is 11.5. The number of benzene rings is 1. The molecule has 0 atom stereocenters. The second kappa shape index (κ2) is 4.56. The van der Waals surface area contributed by atoms with Crippen molar-refractivity contribution >= 4 is 11.6 Å². The van der Waals surface area contributed by atoms with E-state index >= 15 is 0 Å². The number of carbonyl (C=O) groups excluding carboxylic acids is 1. The van der Waals surface area contributed by atoms with Crippen LogP contribution in [0.15, 0.2) is 18.2 Å². The standard InChI is InChI=1S/C13H18N2O/c1-9-3-6-12(14-2)11(7-9)13(16)15-8-10-4-5-10/h3,6-7,10,14H,4-5,8H2,1-2H3,(H,15,16). The van der Waals surface area contributed by atoms with E-state index in [0.717, 1.165) is 23.4 Å². The van der Waals surface area contributed by atoms with Crippen LogP contribution in [0.25, 0.3) is 0 Å². The van der Waals surface area contributed by atoms with Crippen LogP contribution in [0.4, 0.5) is 5.69 Å². The van der Waals surface area contributed by atoms with Crippen LogP contribution in [0.5, 0.6) is 0 Å². The molecule has 0 radical (unpaired) electrons. The van der Waals surface area contributed by atoms with E-state index in [9.17, 15) is 4.79 Å². The molecular weight excluding hydrogens is 200 g/mol. The van der Waals surface area contributed by atoms with E-state index in [1.165, 1.54) is 12.8 Å². The summed E-state index contributed by atoms with van der Waals surface area (Å²) in [5.41, 5.74) is 2.73. The lowest BCUT2D eigenvalue weighted by Crippen LogP contribution is -2.26. The average Bonchev–Trinajstić information content (AvgIpc) is 3.09. The fourth-order valence-corrected chi connectivity index (χ4v) is 1.72. The third kappa shape index (κ3) is 2.54. The number of anilines is 1. The number of hydrogen-bond acceptors (Lipinski definition) is 2. The van der Waals surface area contributed by atoms with Crippen LogP contribution < -0.4 is 10.6 Å². The fourth-order valence-electron chi connectivity index (χ4n) is 1.72. The molecule has 1 amide bonds. The van der Waals surface area contributed by atoms with Gasteiger partial charge in [0.1, 0.15) is 0 Å². The molecule has 1 saturated carbocycles. The van der Waals surface area contributed by atoms with Gasteiger partial charge in [-0.3, -0.25) is 4.79 Å². The minimum absolute atomic E-state index is 0.0277. The maximum atomic E-state index is 12.0. The summed E-state index contributed by atoms with van der Waals surface area (Å²) < 4.78 is 0. The van der Waals surface area contributed by atoms with Crippen LogP contribution in [-0.4, -0.2) is 19.5 Å². The van der Waals surface area contributed by atoms with Gasteiger partial charge < -0.3 is 10.6 Å². The van der Waals surface area contributed by atoms with E-state index in [4.69, 9.17) is 0 Å². The number of nitrogens with one attached hydrogen (secondary N) is 2. The lowest BCUT2D eigenvalue weighted by atomic mass is 10.1. The molecule has 0 bridgehead atoms. The maximum Gasteiger partial charge on any atom is 0.253 e. The van der Waals surface area contributed by atoms with Gasteiger partial charge in [-0.1, -0.05) is 11.6 Å². The smallest absolute Gasteiger partial charge is 0.253 e. The Labute approximate surface area is 96.2 Å². The lowest BCUT2D eigenvalue weighted by molar-refractivity contribution is 0.0952. The topological polar surface area (TPSA) is 41.1 Å². The Morgan fingerprint density at radius 2 is 2.19 bits per heavy atom. The molecule has 1 fully saturated rings. The van der Waals surface area contributed by atoms with Gasteiger partial charge in [0, 0.05) is 19.3 Å². The normalized spacial score (nSPS) is 14.6. The number of carbonyl (C=O) groups is 1. The summed E-state index contributed by atoms with van der Waals surface area (Å²) in [5.74, 6) is 0.742. The van der Waals surface area contributed by atoms with Gasteiger partial charge in [-0.05, 0) is 37.8 Å². The van der Waals surface area contributed by atoms with E-state index in [0.29, 0.717) is 5.92 Å². The number of hydrogen-bond donors (Lipinski definition) is 2. The second-order valence-electron chi connectivity index (χ2n) is 4.45. The number of amides is 1. The molecule has 1 aromatic rings. The van der Waals surface area contributed by atoms with Gasteiger partial charge in [0.25, 0.3) is 5.91 Å². The van der Waals surface area contributed by atoms with E-state index in [1.807, 2.05) is 32.2 Å². The minimum atomic E-state index is 0.0277. The molecule has 3 heteroatoms. The van der Waals surface area contributed by atoms with Gasteiger partial charge in [0.2, 0.25) is 0 Å². The molecule has 0 saturated heterocycles. The van der Waals surface area contributed by atoms with Crippen molar-refractivity contribution in [1.82, 2.24) is 5.32 Å². The third-order valence-electron chi connectivity index (χ3n) is 2.94. The highest BCUT2D eigenvalue weighted by molar-refractivity contribution is 5.99. The largest absolute Gasteiger partial charge is 0.387 e. The Morgan fingerprint density at radius 1 is 1.44 bits per heavy atom. The van der Waals surface area contributed by atoms with E-state index in [1.54, 1.807) is 0 Å². The quantitative estimate of drug-likeness (QED) is 0.813. The molecule has 0 unspecified atom stereocenters. The van der Waals surface area contributed by atoms with E-state index in [-0.39, 0.29) is 5.91 Å². The first kappa shape index (κ1) is 11.0.